The molecule has 1 saturated carbocycles. The molecule has 0 saturated heterocycles. The maximum Gasteiger partial charge on any atom is 0.132 e. The molecule has 0 aromatic heterocycles. The van der Waals surface area contributed by atoms with Gasteiger partial charge in [-0.05, 0) is 38.9 Å². The van der Waals surface area contributed by atoms with E-state index >= 15 is 0 Å². The van der Waals surface area contributed by atoms with E-state index in [2.05, 4.69) is 4.90 Å². The van der Waals surface area contributed by atoms with Crippen LogP contribution in [0, 0.1) is 11.7 Å². The lowest BCUT2D eigenvalue weighted by Gasteiger charge is -2.35. The fourth-order valence-electron chi connectivity index (χ4n) is 2.95. The van der Waals surface area contributed by atoms with Crippen molar-refractivity contribution in [3.8, 4) is 0 Å². The molecule has 1 fully saturated rings. The van der Waals surface area contributed by atoms with Gasteiger partial charge in [0.25, 0.3) is 0 Å². The molecular weight excluding hydrogens is 229 g/mol. The average molecular weight is 249 g/mol. The second-order valence-electron chi connectivity index (χ2n) is 5.31. The van der Waals surface area contributed by atoms with Crippen molar-refractivity contribution in [1.29, 1.82) is 0 Å². The molecule has 1 aliphatic carbocycles. The van der Waals surface area contributed by atoms with Crippen molar-refractivity contribution in [3.63, 3.8) is 0 Å². The highest BCUT2D eigenvalue weighted by atomic mass is 19.1. The Morgan fingerprint density at radius 2 is 1.83 bits per heavy atom. The van der Waals surface area contributed by atoms with Crippen LogP contribution < -0.4 is 0 Å². The van der Waals surface area contributed by atoms with Gasteiger partial charge in [-0.3, -0.25) is 4.79 Å². The van der Waals surface area contributed by atoms with Crippen LogP contribution in [0.4, 0.5) is 4.39 Å². The second-order valence-corrected chi connectivity index (χ2v) is 5.31. The average Bonchev–Trinajstić information content (AvgIpc) is 2.34. The summed E-state index contributed by atoms with van der Waals surface area (Å²) in [6.45, 7) is 0. The zero-order chi connectivity index (χ0) is 13.1. The van der Waals surface area contributed by atoms with Gasteiger partial charge < -0.3 is 4.90 Å². The zero-order valence-corrected chi connectivity index (χ0v) is 11.0. The lowest BCUT2D eigenvalue weighted by atomic mass is 9.80. The molecule has 98 valence electrons. The summed E-state index contributed by atoms with van der Waals surface area (Å²) in [5, 5.41) is 0. The first kappa shape index (κ1) is 13.2. The predicted octanol–water partition coefficient (Wildman–Crippen LogP) is 3.19. The summed E-state index contributed by atoms with van der Waals surface area (Å²) in [7, 11) is 3.96. The van der Waals surface area contributed by atoms with Crippen LogP contribution in [0.3, 0.4) is 0 Å². The SMILES string of the molecule is CN(C)C(c1ccccc1F)C1CCC(=O)CC1. The molecule has 1 aliphatic rings. The van der Waals surface area contributed by atoms with Crippen LogP contribution in [-0.4, -0.2) is 24.8 Å². The van der Waals surface area contributed by atoms with Gasteiger partial charge in [0.05, 0.1) is 0 Å². The molecule has 0 aliphatic heterocycles. The van der Waals surface area contributed by atoms with Crippen molar-refractivity contribution in [3.05, 3.63) is 35.6 Å². The second kappa shape index (κ2) is 5.61. The fraction of sp³-hybridized carbons (Fsp3) is 0.533. The monoisotopic (exact) mass is 249 g/mol. The molecule has 0 N–H and O–H groups in total. The maximum atomic E-state index is 13.9. The first-order valence-electron chi connectivity index (χ1n) is 6.52. The Kier molecular flexibility index (Phi) is 4.12. The highest BCUT2D eigenvalue weighted by molar-refractivity contribution is 5.79. The molecule has 0 radical (unpaired) electrons. The lowest BCUT2D eigenvalue weighted by molar-refractivity contribution is -0.121. The van der Waals surface area contributed by atoms with Crippen LogP contribution in [-0.2, 0) is 4.79 Å². The number of carbonyl (C=O) groups is 1. The number of ketones is 1. The number of hydrogen-bond acceptors (Lipinski definition) is 2. The van der Waals surface area contributed by atoms with Gasteiger partial charge >= 0.3 is 0 Å². The minimum absolute atomic E-state index is 0.0688. The van der Waals surface area contributed by atoms with Crippen LogP contribution in [0.5, 0.6) is 0 Å². The Morgan fingerprint density at radius 3 is 2.39 bits per heavy atom. The van der Waals surface area contributed by atoms with Gasteiger partial charge in [0.2, 0.25) is 0 Å². The van der Waals surface area contributed by atoms with Crippen LogP contribution >= 0.6 is 0 Å². The van der Waals surface area contributed by atoms with Crippen LogP contribution in [0.2, 0.25) is 0 Å². The number of nitrogens with zero attached hydrogens (tertiary/aromatic N) is 1. The molecule has 2 rings (SSSR count). The van der Waals surface area contributed by atoms with Gasteiger partial charge in [-0.15, -0.1) is 0 Å². The van der Waals surface area contributed by atoms with Gasteiger partial charge in [-0.2, -0.15) is 0 Å². The normalized spacial score (nSPS) is 19.2. The molecule has 0 amide bonds. The molecule has 1 unspecified atom stereocenters. The number of Topliss-reactive ketones (excluding diaryl/α,β-unsaturated/α-hetero) is 1. The van der Waals surface area contributed by atoms with Crippen molar-refractivity contribution in [1.82, 2.24) is 4.90 Å². The fourth-order valence-corrected chi connectivity index (χ4v) is 2.95. The molecule has 2 nitrogen and oxygen atoms in total. The third kappa shape index (κ3) is 2.78. The number of benzene rings is 1. The quantitative estimate of drug-likeness (QED) is 0.820. The largest absolute Gasteiger partial charge is 0.302 e. The van der Waals surface area contributed by atoms with Gasteiger partial charge in [-0.1, -0.05) is 18.2 Å². The van der Waals surface area contributed by atoms with Crippen molar-refractivity contribution >= 4 is 5.78 Å². The number of hydrogen-bond donors (Lipinski definition) is 0. The van der Waals surface area contributed by atoms with Crippen molar-refractivity contribution in [2.75, 3.05) is 14.1 Å². The predicted molar refractivity (Wildman–Crippen MR) is 69.8 cm³/mol. The van der Waals surface area contributed by atoms with E-state index in [4.69, 9.17) is 0 Å². The molecule has 0 heterocycles. The topological polar surface area (TPSA) is 20.3 Å². The third-order valence-corrected chi connectivity index (χ3v) is 3.81. The van der Waals surface area contributed by atoms with Gasteiger partial charge in [0, 0.05) is 24.4 Å². The van der Waals surface area contributed by atoms with E-state index in [1.165, 1.54) is 6.07 Å². The molecule has 18 heavy (non-hydrogen) atoms. The maximum absolute atomic E-state index is 13.9. The minimum Gasteiger partial charge on any atom is -0.302 e. The van der Waals surface area contributed by atoms with E-state index in [9.17, 15) is 9.18 Å². The summed E-state index contributed by atoms with van der Waals surface area (Å²) in [5.74, 6) is 0.569. The highest BCUT2D eigenvalue weighted by Crippen LogP contribution is 2.37. The number of halogens is 1. The lowest BCUT2D eigenvalue weighted by Crippen LogP contribution is -2.31. The van der Waals surface area contributed by atoms with Gasteiger partial charge in [0.15, 0.2) is 0 Å². The van der Waals surface area contributed by atoms with Gasteiger partial charge in [0.1, 0.15) is 11.6 Å². The van der Waals surface area contributed by atoms with Crippen LogP contribution in [0.15, 0.2) is 24.3 Å². The van der Waals surface area contributed by atoms with E-state index in [0.717, 1.165) is 18.4 Å². The summed E-state index contributed by atoms with van der Waals surface area (Å²) in [5.41, 5.74) is 0.752. The van der Waals surface area contributed by atoms with Crippen LogP contribution in [0.1, 0.15) is 37.3 Å². The number of carbonyl (C=O) groups excluding carboxylic acids is 1. The van der Waals surface area contributed by atoms with Crippen molar-refractivity contribution < 1.29 is 9.18 Å². The van der Waals surface area contributed by atoms with Crippen molar-refractivity contribution in [2.24, 2.45) is 5.92 Å². The van der Waals surface area contributed by atoms with E-state index in [1.807, 2.05) is 26.2 Å². The highest BCUT2D eigenvalue weighted by Gasteiger charge is 2.30. The Hall–Kier alpha value is -1.22. The molecule has 1 atom stereocenters. The van der Waals surface area contributed by atoms with E-state index in [1.54, 1.807) is 6.07 Å². The van der Waals surface area contributed by atoms with E-state index < -0.39 is 0 Å². The number of rotatable bonds is 3. The molecule has 1 aromatic carbocycles. The Labute approximate surface area is 108 Å². The third-order valence-electron chi connectivity index (χ3n) is 3.81. The summed E-state index contributed by atoms with van der Waals surface area (Å²) >= 11 is 0. The Morgan fingerprint density at radius 1 is 1.22 bits per heavy atom. The summed E-state index contributed by atoms with van der Waals surface area (Å²) in [4.78, 5) is 13.4. The molecular formula is C15H20FNO. The van der Waals surface area contributed by atoms with Crippen molar-refractivity contribution in [2.45, 2.75) is 31.7 Å². The Bertz CT molecular complexity index is 420. The summed E-state index contributed by atoms with van der Waals surface area (Å²) in [6, 6.07) is 7.04. The van der Waals surface area contributed by atoms with Gasteiger partial charge in [-0.25, -0.2) is 4.39 Å². The first-order valence-corrected chi connectivity index (χ1v) is 6.52. The minimum atomic E-state index is -0.145. The molecule has 1 aromatic rings. The first-order chi connectivity index (χ1) is 8.59. The summed E-state index contributed by atoms with van der Waals surface area (Å²) < 4.78 is 13.9. The smallest absolute Gasteiger partial charge is 0.132 e. The molecule has 3 heteroatoms. The van der Waals surface area contributed by atoms with E-state index in [-0.39, 0.29) is 11.9 Å². The zero-order valence-electron chi connectivity index (χ0n) is 11.0. The molecule has 0 spiro atoms. The van der Waals surface area contributed by atoms with E-state index in [0.29, 0.717) is 24.5 Å². The standard InChI is InChI=1S/C15H20FNO/c1-17(2)15(11-7-9-12(18)10-8-11)13-5-3-4-6-14(13)16/h3-6,11,15H,7-10H2,1-2H3. The molecule has 0 bridgehead atoms. The summed E-state index contributed by atoms with van der Waals surface area (Å²) in [6.07, 6.45) is 3.03. The van der Waals surface area contributed by atoms with Crippen LogP contribution in [0.25, 0.3) is 0 Å². The Balaban J connectivity index is 2.24.